The standard InChI is InChI=1S/C15H12N6/c16-13-19-14(17-10-6-2-1-3-7-10)21-12-9-5-4-8-11(12)18-15(21)20-13/h1-9H,(H3,16,17,18,19,20). The average Bonchev–Trinajstić information content (AvgIpc) is 2.86. The van der Waals surface area contributed by atoms with E-state index in [9.17, 15) is 0 Å². The molecule has 2 aromatic heterocycles. The second-order valence-electron chi connectivity index (χ2n) is 4.63. The first-order valence-electron chi connectivity index (χ1n) is 6.54. The highest BCUT2D eigenvalue weighted by molar-refractivity contribution is 5.79. The van der Waals surface area contributed by atoms with Gasteiger partial charge in [-0.1, -0.05) is 30.3 Å². The molecule has 0 unspecified atom stereocenters. The van der Waals surface area contributed by atoms with Crippen LogP contribution in [0.4, 0.5) is 11.6 Å². The highest BCUT2D eigenvalue weighted by Gasteiger charge is 2.07. The Morgan fingerprint density at radius 2 is 1.71 bits per heavy atom. The third-order valence-electron chi connectivity index (χ3n) is 3.22. The minimum atomic E-state index is 0.191. The van der Waals surface area contributed by atoms with E-state index in [4.69, 9.17) is 5.73 Å². The molecular formula is C15H12N6. The summed E-state index contributed by atoms with van der Waals surface area (Å²) in [4.78, 5) is 16.3. The summed E-state index contributed by atoms with van der Waals surface area (Å²) < 4.78 is 1.86. The molecule has 2 heterocycles. The summed E-state index contributed by atoms with van der Waals surface area (Å²) in [5.74, 6) is 0.814. The number of fused-ring (bicyclic) bond motifs is 3. The maximum atomic E-state index is 5.78. The summed E-state index contributed by atoms with van der Waals surface area (Å²) in [6.45, 7) is 0. The third-order valence-corrected chi connectivity index (χ3v) is 3.22. The third kappa shape index (κ3) is 1.93. The van der Waals surface area contributed by atoms with Crippen LogP contribution in [0, 0.1) is 0 Å². The Kier molecular flexibility index (Phi) is 2.47. The fourth-order valence-electron chi connectivity index (χ4n) is 2.32. The molecule has 21 heavy (non-hydrogen) atoms. The number of hydrogen-bond acceptors (Lipinski definition) is 4. The highest BCUT2D eigenvalue weighted by atomic mass is 15.2. The van der Waals surface area contributed by atoms with Crippen molar-refractivity contribution in [3.63, 3.8) is 0 Å². The van der Waals surface area contributed by atoms with Gasteiger partial charge in [0.25, 0.3) is 0 Å². The van der Waals surface area contributed by atoms with E-state index < -0.39 is 0 Å². The molecule has 0 radical (unpaired) electrons. The molecule has 6 nitrogen and oxygen atoms in total. The molecule has 0 fully saturated rings. The molecule has 0 aliphatic carbocycles. The van der Waals surface area contributed by atoms with Gasteiger partial charge in [-0.15, -0.1) is 0 Å². The van der Waals surface area contributed by atoms with Crippen molar-refractivity contribution in [2.45, 2.75) is 0 Å². The van der Waals surface area contributed by atoms with Crippen molar-refractivity contribution in [2.24, 2.45) is 4.99 Å². The van der Waals surface area contributed by atoms with Crippen LogP contribution in [0.15, 0.2) is 59.6 Å². The van der Waals surface area contributed by atoms with Gasteiger partial charge in [0.05, 0.1) is 16.7 Å². The number of benzene rings is 2. The zero-order valence-electron chi connectivity index (χ0n) is 11.1. The van der Waals surface area contributed by atoms with Gasteiger partial charge >= 0.3 is 0 Å². The summed E-state index contributed by atoms with van der Waals surface area (Å²) in [5, 5.41) is 0. The van der Waals surface area contributed by atoms with E-state index in [0.717, 1.165) is 16.7 Å². The van der Waals surface area contributed by atoms with Crippen LogP contribution in [0.3, 0.4) is 0 Å². The zero-order valence-corrected chi connectivity index (χ0v) is 11.1. The summed E-state index contributed by atoms with van der Waals surface area (Å²) in [6, 6.07) is 17.5. The van der Waals surface area contributed by atoms with Crippen LogP contribution in [-0.4, -0.2) is 19.4 Å². The zero-order chi connectivity index (χ0) is 14.2. The van der Waals surface area contributed by atoms with E-state index in [1.54, 1.807) is 0 Å². The number of H-pyrrole nitrogens is 1. The Bertz CT molecular complexity index is 997. The molecule has 102 valence electrons. The molecular weight excluding hydrogens is 264 g/mol. The van der Waals surface area contributed by atoms with E-state index in [1.807, 2.05) is 59.0 Å². The molecule has 0 aliphatic rings. The first-order chi connectivity index (χ1) is 10.3. The SMILES string of the molecule is Nc1nc(=Nc2ccccc2)n2c(n1)[nH]c1ccccc12. The van der Waals surface area contributed by atoms with Crippen LogP contribution < -0.4 is 11.4 Å². The Hall–Kier alpha value is -3.15. The Balaban J connectivity index is 2.15. The minimum Gasteiger partial charge on any atom is -0.368 e. The number of nitrogens with two attached hydrogens (primary N) is 1. The first-order valence-corrected chi connectivity index (χ1v) is 6.54. The summed E-state index contributed by atoms with van der Waals surface area (Å²) in [5.41, 5.74) is 9.02. The second kappa shape index (κ2) is 4.45. The van der Waals surface area contributed by atoms with Gasteiger partial charge in [-0.05, 0) is 24.3 Å². The summed E-state index contributed by atoms with van der Waals surface area (Å²) in [6.07, 6.45) is 0. The number of hydrogen-bond donors (Lipinski definition) is 2. The lowest BCUT2D eigenvalue weighted by atomic mass is 10.3. The van der Waals surface area contributed by atoms with Gasteiger partial charge < -0.3 is 10.7 Å². The molecule has 4 aromatic rings. The van der Waals surface area contributed by atoms with Crippen LogP contribution in [0.1, 0.15) is 0 Å². The largest absolute Gasteiger partial charge is 0.368 e. The van der Waals surface area contributed by atoms with Gasteiger partial charge in [-0.25, -0.2) is 9.39 Å². The van der Waals surface area contributed by atoms with E-state index >= 15 is 0 Å². The van der Waals surface area contributed by atoms with Crippen molar-refractivity contribution in [2.75, 3.05) is 5.73 Å². The summed E-state index contributed by atoms with van der Waals surface area (Å²) in [7, 11) is 0. The van der Waals surface area contributed by atoms with E-state index in [0.29, 0.717) is 11.4 Å². The van der Waals surface area contributed by atoms with Gasteiger partial charge in [-0.2, -0.15) is 9.97 Å². The van der Waals surface area contributed by atoms with Crippen molar-refractivity contribution in [3.05, 3.63) is 60.2 Å². The number of aromatic nitrogens is 4. The quantitative estimate of drug-likeness (QED) is 0.558. The van der Waals surface area contributed by atoms with Crippen molar-refractivity contribution in [1.29, 1.82) is 0 Å². The minimum absolute atomic E-state index is 0.191. The van der Waals surface area contributed by atoms with Gasteiger partial charge in [0.1, 0.15) is 0 Å². The molecule has 3 N–H and O–H groups in total. The summed E-state index contributed by atoms with van der Waals surface area (Å²) >= 11 is 0. The second-order valence-corrected chi connectivity index (χ2v) is 4.63. The Morgan fingerprint density at radius 3 is 2.57 bits per heavy atom. The van der Waals surface area contributed by atoms with Crippen LogP contribution in [0.2, 0.25) is 0 Å². The number of nitrogens with zero attached hydrogens (tertiary/aromatic N) is 4. The van der Waals surface area contributed by atoms with Gasteiger partial charge in [-0.3, -0.25) is 0 Å². The lowest BCUT2D eigenvalue weighted by molar-refractivity contribution is 0.932. The molecule has 4 rings (SSSR count). The topological polar surface area (TPSA) is 84.4 Å². The maximum absolute atomic E-state index is 5.78. The maximum Gasteiger partial charge on any atom is 0.240 e. The molecule has 0 saturated heterocycles. The average molecular weight is 276 g/mol. The van der Waals surface area contributed by atoms with E-state index in [2.05, 4.69) is 19.9 Å². The number of rotatable bonds is 1. The van der Waals surface area contributed by atoms with Gasteiger partial charge in [0, 0.05) is 0 Å². The Morgan fingerprint density at radius 1 is 0.952 bits per heavy atom. The molecule has 0 bridgehead atoms. The fourth-order valence-corrected chi connectivity index (χ4v) is 2.32. The monoisotopic (exact) mass is 276 g/mol. The smallest absolute Gasteiger partial charge is 0.240 e. The molecule has 6 heteroatoms. The number of imidazole rings is 1. The van der Waals surface area contributed by atoms with Crippen LogP contribution in [0.25, 0.3) is 16.8 Å². The van der Waals surface area contributed by atoms with Crippen LogP contribution in [0.5, 0.6) is 0 Å². The predicted octanol–water partition coefficient (Wildman–Crippen LogP) is 2.03. The van der Waals surface area contributed by atoms with Crippen molar-refractivity contribution in [1.82, 2.24) is 19.4 Å². The predicted molar refractivity (Wildman–Crippen MR) is 80.9 cm³/mol. The van der Waals surface area contributed by atoms with E-state index in [1.165, 1.54) is 0 Å². The Labute approximate surface area is 119 Å². The lowest BCUT2D eigenvalue weighted by Crippen LogP contribution is -2.20. The normalized spacial score (nSPS) is 12.3. The number of anilines is 1. The van der Waals surface area contributed by atoms with Gasteiger partial charge in [0.15, 0.2) is 0 Å². The highest BCUT2D eigenvalue weighted by Crippen LogP contribution is 2.14. The number of nitrogen functional groups attached to an aromatic ring is 1. The van der Waals surface area contributed by atoms with Gasteiger partial charge in [0.2, 0.25) is 17.3 Å². The van der Waals surface area contributed by atoms with Crippen LogP contribution in [-0.2, 0) is 0 Å². The first kappa shape index (κ1) is 11.7. The lowest BCUT2D eigenvalue weighted by Gasteiger charge is -1.98. The van der Waals surface area contributed by atoms with Crippen molar-refractivity contribution >= 4 is 28.4 Å². The van der Waals surface area contributed by atoms with E-state index in [-0.39, 0.29) is 5.95 Å². The van der Waals surface area contributed by atoms with Crippen LogP contribution >= 0.6 is 0 Å². The van der Waals surface area contributed by atoms with Crippen molar-refractivity contribution in [3.8, 4) is 0 Å². The fraction of sp³-hybridized carbons (Fsp3) is 0. The number of para-hydroxylation sites is 3. The molecule has 0 atom stereocenters. The van der Waals surface area contributed by atoms with Crippen molar-refractivity contribution < 1.29 is 0 Å². The molecule has 2 aromatic carbocycles. The number of nitrogens with one attached hydrogen (secondary N) is 1. The molecule has 0 aliphatic heterocycles. The molecule has 0 amide bonds. The molecule has 0 saturated carbocycles. The molecule has 0 spiro atoms. The number of aromatic amines is 1.